The number of nitrogens with zero attached hydrogens (tertiary/aromatic N) is 3. The Hall–Kier alpha value is -3.65. The average molecular weight is 461 g/mol. The fourth-order valence-corrected chi connectivity index (χ4v) is 4.54. The predicted molar refractivity (Wildman–Crippen MR) is 130 cm³/mol. The Kier molecular flexibility index (Phi) is 6.20. The molecule has 1 N–H and O–H groups in total. The molecule has 1 aromatic carbocycles. The maximum atomic E-state index is 12.9. The SMILES string of the molecule is Cc1ccc(NC(=O)CN2C(=O)S/C(=C\c3cc(C)n(-c4ccccn4)c3C)C2=O)cc1C. The molecule has 1 saturated heterocycles. The Bertz CT molecular complexity index is 1290. The first kappa shape index (κ1) is 22.5. The van der Waals surface area contributed by atoms with Gasteiger partial charge in [-0.15, -0.1) is 0 Å². The lowest BCUT2D eigenvalue weighted by atomic mass is 10.1. The molecule has 0 spiro atoms. The average Bonchev–Trinajstić information content (AvgIpc) is 3.20. The molecule has 0 radical (unpaired) electrons. The first-order valence-corrected chi connectivity index (χ1v) is 11.3. The molecule has 3 amide bonds. The lowest BCUT2D eigenvalue weighted by Crippen LogP contribution is -2.36. The van der Waals surface area contributed by atoms with Crippen LogP contribution in [0.1, 0.15) is 28.1 Å². The minimum atomic E-state index is -0.470. The van der Waals surface area contributed by atoms with Gasteiger partial charge in [0.15, 0.2) is 0 Å². The number of carbonyl (C=O) groups is 3. The second-order valence-electron chi connectivity index (χ2n) is 7.96. The summed E-state index contributed by atoms with van der Waals surface area (Å²) in [7, 11) is 0. The number of imide groups is 1. The van der Waals surface area contributed by atoms with Gasteiger partial charge in [0.25, 0.3) is 11.1 Å². The van der Waals surface area contributed by atoms with Gasteiger partial charge in [0.2, 0.25) is 5.91 Å². The second kappa shape index (κ2) is 9.07. The molecule has 3 heterocycles. The van der Waals surface area contributed by atoms with E-state index in [1.54, 1.807) is 18.3 Å². The van der Waals surface area contributed by atoms with Crippen molar-refractivity contribution < 1.29 is 14.4 Å². The van der Waals surface area contributed by atoms with Crippen molar-refractivity contribution in [3.05, 3.63) is 81.6 Å². The minimum absolute atomic E-state index is 0.292. The number of anilines is 1. The van der Waals surface area contributed by atoms with E-state index in [2.05, 4.69) is 10.3 Å². The molecule has 2 aromatic heterocycles. The van der Waals surface area contributed by atoms with Crippen LogP contribution in [0.3, 0.4) is 0 Å². The number of aryl methyl sites for hydroxylation is 3. The first-order chi connectivity index (χ1) is 15.7. The van der Waals surface area contributed by atoms with Gasteiger partial charge in [0.05, 0.1) is 4.91 Å². The number of hydrogen-bond donors (Lipinski definition) is 1. The second-order valence-corrected chi connectivity index (χ2v) is 8.96. The third kappa shape index (κ3) is 4.61. The van der Waals surface area contributed by atoms with Crippen molar-refractivity contribution in [1.82, 2.24) is 14.5 Å². The monoisotopic (exact) mass is 460 g/mol. The van der Waals surface area contributed by atoms with Gasteiger partial charge in [-0.3, -0.25) is 19.3 Å². The van der Waals surface area contributed by atoms with Gasteiger partial charge in [0.1, 0.15) is 12.4 Å². The van der Waals surface area contributed by atoms with E-state index in [1.807, 2.05) is 68.7 Å². The highest BCUT2D eigenvalue weighted by Gasteiger charge is 2.36. The maximum Gasteiger partial charge on any atom is 0.294 e. The van der Waals surface area contributed by atoms with E-state index in [1.165, 1.54) is 0 Å². The van der Waals surface area contributed by atoms with Crippen molar-refractivity contribution in [3.8, 4) is 5.82 Å². The molecule has 0 atom stereocenters. The summed E-state index contributed by atoms with van der Waals surface area (Å²) in [5.74, 6) is -0.110. The molecule has 3 aromatic rings. The van der Waals surface area contributed by atoms with Gasteiger partial charge in [0, 0.05) is 23.3 Å². The van der Waals surface area contributed by atoms with Gasteiger partial charge in [-0.2, -0.15) is 0 Å². The Morgan fingerprint density at radius 3 is 2.55 bits per heavy atom. The molecular weight excluding hydrogens is 436 g/mol. The topological polar surface area (TPSA) is 84.3 Å². The Morgan fingerprint density at radius 1 is 1.06 bits per heavy atom. The number of thioether (sulfide) groups is 1. The Morgan fingerprint density at radius 2 is 1.85 bits per heavy atom. The molecule has 1 fully saturated rings. The van der Waals surface area contributed by atoms with Gasteiger partial charge in [-0.25, -0.2) is 4.98 Å². The summed E-state index contributed by atoms with van der Waals surface area (Å²) >= 11 is 0.843. The summed E-state index contributed by atoms with van der Waals surface area (Å²) in [5, 5.41) is 2.30. The zero-order chi connectivity index (χ0) is 23.7. The number of amides is 3. The van der Waals surface area contributed by atoms with E-state index in [-0.39, 0.29) is 6.54 Å². The zero-order valence-electron chi connectivity index (χ0n) is 18.9. The van der Waals surface area contributed by atoms with Gasteiger partial charge >= 0.3 is 0 Å². The molecule has 1 aliphatic heterocycles. The first-order valence-electron chi connectivity index (χ1n) is 10.5. The van der Waals surface area contributed by atoms with Crippen LogP contribution in [0.25, 0.3) is 11.9 Å². The fraction of sp³-hybridized carbons (Fsp3) is 0.200. The molecular formula is C25H24N4O3S. The number of aromatic nitrogens is 2. The van der Waals surface area contributed by atoms with Crippen LogP contribution < -0.4 is 5.32 Å². The van der Waals surface area contributed by atoms with Crippen LogP contribution in [0.15, 0.2) is 53.6 Å². The molecule has 0 unspecified atom stereocenters. The third-order valence-corrected chi connectivity index (χ3v) is 6.51. The predicted octanol–water partition coefficient (Wildman–Crippen LogP) is 4.78. The summed E-state index contributed by atoms with van der Waals surface area (Å²) in [5.41, 5.74) is 5.49. The number of nitrogens with one attached hydrogen (secondary N) is 1. The largest absolute Gasteiger partial charge is 0.325 e. The van der Waals surface area contributed by atoms with Gasteiger partial charge < -0.3 is 9.88 Å². The van der Waals surface area contributed by atoms with Gasteiger partial charge in [-0.1, -0.05) is 12.1 Å². The Labute approximate surface area is 196 Å². The highest BCUT2D eigenvalue weighted by Crippen LogP contribution is 2.33. The highest BCUT2D eigenvalue weighted by atomic mass is 32.2. The zero-order valence-corrected chi connectivity index (χ0v) is 19.7. The molecule has 33 heavy (non-hydrogen) atoms. The fourth-order valence-electron chi connectivity index (χ4n) is 3.71. The lowest BCUT2D eigenvalue weighted by molar-refractivity contribution is -0.127. The molecule has 168 valence electrons. The Balaban J connectivity index is 1.51. The van der Waals surface area contributed by atoms with Gasteiger partial charge in [-0.05, 0) is 92.6 Å². The van der Waals surface area contributed by atoms with E-state index in [9.17, 15) is 14.4 Å². The van der Waals surface area contributed by atoms with E-state index in [4.69, 9.17) is 0 Å². The van der Waals surface area contributed by atoms with E-state index in [0.29, 0.717) is 10.6 Å². The van der Waals surface area contributed by atoms with Crippen LogP contribution in [0, 0.1) is 27.7 Å². The molecule has 4 rings (SSSR count). The molecule has 7 nitrogen and oxygen atoms in total. The van der Waals surface area contributed by atoms with Crippen molar-refractivity contribution in [2.24, 2.45) is 0 Å². The lowest BCUT2D eigenvalue weighted by Gasteiger charge is -2.13. The summed E-state index contributed by atoms with van der Waals surface area (Å²) in [4.78, 5) is 43.5. The maximum absolute atomic E-state index is 12.9. The van der Waals surface area contributed by atoms with Crippen molar-refractivity contribution in [1.29, 1.82) is 0 Å². The molecule has 0 saturated carbocycles. The molecule has 1 aliphatic rings. The van der Waals surface area contributed by atoms with E-state index >= 15 is 0 Å². The normalized spacial score (nSPS) is 14.9. The minimum Gasteiger partial charge on any atom is -0.325 e. The van der Waals surface area contributed by atoms with Crippen molar-refractivity contribution in [2.75, 3.05) is 11.9 Å². The number of hydrogen-bond acceptors (Lipinski definition) is 5. The van der Waals surface area contributed by atoms with Crippen molar-refractivity contribution in [3.63, 3.8) is 0 Å². The van der Waals surface area contributed by atoms with E-state index < -0.39 is 17.1 Å². The van der Waals surface area contributed by atoms with Crippen molar-refractivity contribution >= 4 is 40.6 Å². The summed E-state index contributed by atoms with van der Waals surface area (Å²) in [6.07, 6.45) is 3.43. The quantitative estimate of drug-likeness (QED) is 0.554. The van der Waals surface area contributed by atoms with Crippen LogP contribution in [0.2, 0.25) is 0 Å². The highest BCUT2D eigenvalue weighted by molar-refractivity contribution is 8.18. The van der Waals surface area contributed by atoms with Crippen LogP contribution in [0.5, 0.6) is 0 Å². The van der Waals surface area contributed by atoms with Crippen LogP contribution in [0.4, 0.5) is 10.5 Å². The summed E-state index contributed by atoms with van der Waals surface area (Å²) in [6.45, 7) is 7.51. The molecule has 8 heteroatoms. The number of benzene rings is 1. The van der Waals surface area contributed by atoms with Crippen LogP contribution in [-0.2, 0) is 9.59 Å². The number of carbonyl (C=O) groups excluding carboxylic acids is 3. The smallest absolute Gasteiger partial charge is 0.294 e. The molecule has 0 bridgehead atoms. The summed E-state index contributed by atoms with van der Waals surface area (Å²) < 4.78 is 1.99. The van der Waals surface area contributed by atoms with Crippen LogP contribution >= 0.6 is 11.8 Å². The standard InChI is InChI=1S/C25H24N4O3S/c1-15-8-9-20(11-16(15)2)27-23(30)14-28-24(31)21(33-25(28)32)13-19-12-17(3)29(18(19)4)22-7-5-6-10-26-22/h5-13H,14H2,1-4H3,(H,27,30)/b21-13-. The molecule has 0 aliphatic carbocycles. The van der Waals surface area contributed by atoms with E-state index in [0.717, 1.165) is 50.6 Å². The van der Waals surface area contributed by atoms with Crippen molar-refractivity contribution in [2.45, 2.75) is 27.7 Å². The number of pyridine rings is 1. The third-order valence-electron chi connectivity index (χ3n) is 5.60. The number of rotatable bonds is 5. The van der Waals surface area contributed by atoms with Crippen LogP contribution in [-0.4, -0.2) is 38.0 Å². The summed E-state index contributed by atoms with van der Waals surface area (Å²) in [6, 6.07) is 13.2.